The van der Waals surface area contributed by atoms with Crippen molar-refractivity contribution < 1.29 is 13.3 Å². The van der Waals surface area contributed by atoms with Crippen LogP contribution in [0, 0.1) is 24.0 Å². The molecule has 140 valence electrons. The molecule has 0 heterocycles. The summed E-state index contributed by atoms with van der Waals surface area (Å²) in [5.41, 5.74) is 1.53. The zero-order chi connectivity index (χ0) is 19.8. The molecule has 0 aliphatic rings. The van der Waals surface area contributed by atoms with Gasteiger partial charge in [-0.3, -0.25) is 10.1 Å². The summed E-state index contributed by atoms with van der Waals surface area (Å²) in [6.07, 6.45) is 0. The van der Waals surface area contributed by atoms with E-state index in [-0.39, 0.29) is 11.4 Å². The molecule has 27 heavy (non-hydrogen) atoms. The summed E-state index contributed by atoms with van der Waals surface area (Å²) in [6.45, 7) is 3.46. The molecule has 3 rings (SSSR count). The highest BCUT2D eigenvalue weighted by Crippen LogP contribution is 2.32. The van der Waals surface area contributed by atoms with Crippen LogP contribution >= 0.6 is 0 Å². The van der Waals surface area contributed by atoms with Crippen LogP contribution < -0.4 is 0 Å². The lowest BCUT2D eigenvalue weighted by atomic mass is 10.0. The smallest absolute Gasteiger partial charge is 0.258 e. The van der Waals surface area contributed by atoms with Crippen LogP contribution in [-0.2, 0) is 16.6 Å². The lowest BCUT2D eigenvalue weighted by Gasteiger charge is -2.20. The van der Waals surface area contributed by atoms with Crippen molar-refractivity contribution in [1.82, 2.24) is 4.31 Å². The van der Waals surface area contributed by atoms with E-state index in [1.54, 1.807) is 19.9 Å². The van der Waals surface area contributed by atoms with Gasteiger partial charge in [0.25, 0.3) is 5.69 Å². The minimum Gasteiger partial charge on any atom is -0.258 e. The summed E-state index contributed by atoms with van der Waals surface area (Å²) in [5, 5.41) is 13.4. The Morgan fingerprint density at radius 2 is 1.67 bits per heavy atom. The van der Waals surface area contributed by atoms with Gasteiger partial charge in [-0.25, -0.2) is 8.42 Å². The number of nitrogens with zero attached hydrogens (tertiary/aromatic N) is 2. The van der Waals surface area contributed by atoms with Gasteiger partial charge in [0.1, 0.15) is 0 Å². The predicted molar refractivity (Wildman–Crippen MR) is 105 cm³/mol. The van der Waals surface area contributed by atoms with Gasteiger partial charge in [-0.05, 0) is 41.3 Å². The van der Waals surface area contributed by atoms with Crippen molar-refractivity contribution in [1.29, 1.82) is 0 Å². The zero-order valence-corrected chi connectivity index (χ0v) is 16.2. The van der Waals surface area contributed by atoms with Crippen molar-refractivity contribution >= 4 is 26.5 Å². The summed E-state index contributed by atoms with van der Waals surface area (Å²) in [7, 11) is -2.60. The Labute approximate surface area is 158 Å². The maximum Gasteiger partial charge on any atom is 0.289 e. The average molecular weight is 384 g/mol. The van der Waals surface area contributed by atoms with Crippen LogP contribution in [0.2, 0.25) is 0 Å². The van der Waals surface area contributed by atoms with Crippen molar-refractivity contribution in [3.05, 3.63) is 81.4 Å². The van der Waals surface area contributed by atoms with Gasteiger partial charge in [-0.15, -0.1) is 0 Å². The molecule has 0 unspecified atom stereocenters. The van der Waals surface area contributed by atoms with Gasteiger partial charge in [-0.1, -0.05) is 48.5 Å². The Hall–Kier alpha value is -2.77. The fourth-order valence-corrected chi connectivity index (χ4v) is 4.73. The van der Waals surface area contributed by atoms with Crippen LogP contribution in [0.5, 0.6) is 0 Å². The number of hydrogen-bond acceptors (Lipinski definition) is 4. The first-order valence-electron chi connectivity index (χ1n) is 8.41. The van der Waals surface area contributed by atoms with E-state index in [1.807, 2.05) is 42.5 Å². The number of nitro benzene ring substituents is 1. The third-order valence-corrected chi connectivity index (χ3v) is 6.77. The monoisotopic (exact) mass is 384 g/mol. The minimum absolute atomic E-state index is 0.119. The van der Waals surface area contributed by atoms with Crippen LogP contribution in [0.4, 0.5) is 5.69 Å². The quantitative estimate of drug-likeness (QED) is 0.488. The minimum atomic E-state index is -4.04. The average Bonchev–Trinajstić information content (AvgIpc) is 2.63. The number of benzene rings is 3. The Morgan fingerprint density at radius 1 is 1.00 bits per heavy atom. The zero-order valence-electron chi connectivity index (χ0n) is 15.3. The number of fused-ring (bicyclic) bond motifs is 1. The summed E-state index contributed by atoms with van der Waals surface area (Å²) >= 11 is 0. The van der Waals surface area contributed by atoms with Crippen molar-refractivity contribution in [3.63, 3.8) is 0 Å². The van der Waals surface area contributed by atoms with E-state index in [2.05, 4.69) is 0 Å². The highest BCUT2D eigenvalue weighted by atomic mass is 32.2. The molecule has 0 fully saturated rings. The molecule has 0 atom stereocenters. The Morgan fingerprint density at radius 3 is 2.37 bits per heavy atom. The maximum absolute atomic E-state index is 13.2. The van der Waals surface area contributed by atoms with Gasteiger partial charge in [0.2, 0.25) is 10.0 Å². The molecule has 0 aliphatic carbocycles. The second-order valence-electron chi connectivity index (χ2n) is 6.51. The summed E-state index contributed by atoms with van der Waals surface area (Å²) in [4.78, 5) is 10.5. The van der Waals surface area contributed by atoms with Crippen LogP contribution in [-0.4, -0.2) is 24.7 Å². The van der Waals surface area contributed by atoms with Crippen molar-refractivity contribution in [3.8, 4) is 0 Å². The Bertz CT molecular complexity index is 1130. The molecule has 0 aromatic heterocycles. The van der Waals surface area contributed by atoms with Crippen LogP contribution in [0.25, 0.3) is 10.8 Å². The van der Waals surface area contributed by atoms with Gasteiger partial charge in [0, 0.05) is 19.7 Å². The number of nitro groups is 1. The van der Waals surface area contributed by atoms with Gasteiger partial charge in [0.05, 0.1) is 4.92 Å². The largest absolute Gasteiger partial charge is 0.289 e. The van der Waals surface area contributed by atoms with E-state index in [9.17, 15) is 18.5 Å². The first-order chi connectivity index (χ1) is 12.7. The molecule has 6 nitrogen and oxygen atoms in total. The van der Waals surface area contributed by atoms with E-state index in [0.29, 0.717) is 11.1 Å². The van der Waals surface area contributed by atoms with E-state index in [4.69, 9.17) is 0 Å². The van der Waals surface area contributed by atoms with Gasteiger partial charge in [-0.2, -0.15) is 4.31 Å². The van der Waals surface area contributed by atoms with E-state index in [1.165, 1.54) is 17.4 Å². The number of aryl methyl sites for hydroxylation is 1. The summed E-state index contributed by atoms with van der Waals surface area (Å²) in [5.74, 6) is 0. The standard InChI is InChI=1S/C20H20N2O4S/c1-14-11-12-19(22(23)24)20(15(14)2)27(25,26)21(3)13-17-9-6-8-16-7-4-5-10-18(16)17/h4-12H,13H2,1-3H3. The molecule has 0 amide bonds. The Balaban J connectivity index is 2.08. The van der Waals surface area contributed by atoms with Crippen molar-refractivity contribution in [2.75, 3.05) is 7.05 Å². The third-order valence-electron chi connectivity index (χ3n) is 4.79. The highest BCUT2D eigenvalue weighted by Gasteiger charge is 2.32. The van der Waals surface area contributed by atoms with Crippen molar-refractivity contribution in [2.45, 2.75) is 25.3 Å². The van der Waals surface area contributed by atoms with E-state index in [0.717, 1.165) is 16.3 Å². The number of hydrogen-bond donors (Lipinski definition) is 0. The molecular weight excluding hydrogens is 364 g/mol. The lowest BCUT2D eigenvalue weighted by molar-refractivity contribution is -0.388. The SMILES string of the molecule is Cc1ccc([N+](=O)[O-])c(S(=O)(=O)N(C)Cc2cccc3ccccc23)c1C. The first-order valence-corrected chi connectivity index (χ1v) is 9.85. The highest BCUT2D eigenvalue weighted by molar-refractivity contribution is 7.89. The lowest BCUT2D eigenvalue weighted by Crippen LogP contribution is -2.28. The first kappa shape index (κ1) is 19.0. The fraction of sp³-hybridized carbons (Fsp3) is 0.200. The second-order valence-corrected chi connectivity index (χ2v) is 8.49. The molecule has 0 radical (unpaired) electrons. The van der Waals surface area contributed by atoms with Gasteiger partial charge >= 0.3 is 0 Å². The molecule has 0 N–H and O–H groups in total. The number of sulfonamides is 1. The van der Waals surface area contributed by atoms with Crippen LogP contribution in [0.15, 0.2) is 59.5 Å². The van der Waals surface area contributed by atoms with E-state index < -0.39 is 20.6 Å². The molecule has 0 saturated heterocycles. The molecule has 3 aromatic carbocycles. The molecule has 0 saturated carbocycles. The van der Waals surface area contributed by atoms with Crippen LogP contribution in [0.3, 0.4) is 0 Å². The van der Waals surface area contributed by atoms with Crippen LogP contribution in [0.1, 0.15) is 16.7 Å². The van der Waals surface area contributed by atoms with Gasteiger partial charge in [0.15, 0.2) is 4.90 Å². The molecule has 3 aromatic rings. The maximum atomic E-state index is 13.2. The normalized spacial score (nSPS) is 11.9. The molecule has 7 heteroatoms. The molecule has 0 aliphatic heterocycles. The third kappa shape index (κ3) is 3.43. The molecule has 0 spiro atoms. The topological polar surface area (TPSA) is 80.5 Å². The van der Waals surface area contributed by atoms with Gasteiger partial charge < -0.3 is 0 Å². The van der Waals surface area contributed by atoms with Crippen molar-refractivity contribution in [2.24, 2.45) is 0 Å². The molecule has 0 bridgehead atoms. The fourth-order valence-electron chi connectivity index (χ4n) is 3.16. The Kier molecular flexibility index (Phi) is 4.99. The summed E-state index contributed by atoms with van der Waals surface area (Å²) in [6, 6.07) is 16.2. The number of rotatable bonds is 5. The second kappa shape index (κ2) is 7.09. The summed E-state index contributed by atoms with van der Waals surface area (Å²) < 4.78 is 27.6. The molecular formula is C20H20N2O4S. The van der Waals surface area contributed by atoms with E-state index >= 15 is 0 Å². The predicted octanol–water partition coefficient (Wildman–Crippen LogP) is 4.19.